The number of thioether (sulfide) groups is 2. The van der Waals surface area contributed by atoms with Crippen molar-refractivity contribution in [3.8, 4) is 0 Å². The fraction of sp³-hybridized carbons (Fsp3) is 0.273. The lowest BCUT2D eigenvalue weighted by Gasteiger charge is -2.09. The van der Waals surface area contributed by atoms with Gasteiger partial charge in [-0.05, 0) is 34.6 Å². The lowest BCUT2D eigenvalue weighted by Crippen LogP contribution is -1.91. The van der Waals surface area contributed by atoms with Crippen molar-refractivity contribution in [2.24, 2.45) is 0 Å². The Morgan fingerprint density at radius 1 is 1.00 bits per heavy atom. The van der Waals surface area contributed by atoms with E-state index in [4.69, 9.17) is 0 Å². The van der Waals surface area contributed by atoms with Gasteiger partial charge in [-0.2, -0.15) is 0 Å². The molecule has 2 nitrogen and oxygen atoms in total. The second-order valence-corrected chi connectivity index (χ2v) is 9.83. The Morgan fingerprint density at radius 3 is 2.30 bits per heavy atom. The van der Waals surface area contributed by atoms with Crippen molar-refractivity contribution < 1.29 is 0 Å². The van der Waals surface area contributed by atoms with E-state index in [1.54, 1.807) is 34.9 Å². The molecule has 0 radical (unpaired) electrons. The number of aromatic nitrogens is 2. The number of nitrogens with zero attached hydrogens (tertiary/aromatic N) is 2. The van der Waals surface area contributed by atoms with Crippen LogP contribution in [0.3, 0.4) is 0 Å². The molecular weight excluding hydrogens is 388 g/mol. The van der Waals surface area contributed by atoms with Crippen molar-refractivity contribution in [2.45, 2.75) is 46.4 Å². The van der Waals surface area contributed by atoms with Crippen LogP contribution in [0.4, 0.5) is 0 Å². The summed E-state index contributed by atoms with van der Waals surface area (Å²) in [4.78, 5) is 0. The Kier molecular flexibility index (Phi) is 7.56. The first kappa shape index (κ1) is 20.2. The molecule has 0 aliphatic carbocycles. The van der Waals surface area contributed by atoms with E-state index < -0.39 is 0 Å². The molecule has 0 aliphatic rings. The van der Waals surface area contributed by atoms with E-state index in [0.29, 0.717) is 5.92 Å². The normalized spacial score (nSPS) is 12.1. The number of benzene rings is 2. The van der Waals surface area contributed by atoms with E-state index >= 15 is 0 Å². The van der Waals surface area contributed by atoms with Crippen LogP contribution in [0.5, 0.6) is 0 Å². The largest absolute Gasteiger partial charge is 0.175 e. The highest BCUT2D eigenvalue weighted by atomic mass is 32.2. The second-order valence-electron chi connectivity index (χ2n) is 6.41. The molecule has 0 saturated carbocycles. The van der Waals surface area contributed by atoms with Crippen molar-refractivity contribution in [2.75, 3.05) is 0 Å². The summed E-state index contributed by atoms with van der Waals surface area (Å²) in [6, 6.07) is 17.4. The van der Waals surface area contributed by atoms with Crippen LogP contribution < -0.4 is 0 Å². The van der Waals surface area contributed by atoms with Gasteiger partial charge in [-0.3, -0.25) is 0 Å². The topological polar surface area (TPSA) is 25.8 Å². The van der Waals surface area contributed by atoms with Gasteiger partial charge in [0.15, 0.2) is 8.68 Å². The number of hydrogen-bond acceptors (Lipinski definition) is 5. The zero-order chi connectivity index (χ0) is 19.1. The summed E-state index contributed by atoms with van der Waals surface area (Å²) in [6.07, 6.45) is 3.06. The Labute approximate surface area is 174 Å². The van der Waals surface area contributed by atoms with Gasteiger partial charge in [0.05, 0.1) is 0 Å². The van der Waals surface area contributed by atoms with Crippen LogP contribution in [0.1, 0.15) is 48.4 Å². The molecule has 3 aromatic rings. The van der Waals surface area contributed by atoms with Crippen LogP contribution in [0.15, 0.2) is 63.8 Å². The molecule has 0 saturated heterocycles. The first-order valence-electron chi connectivity index (χ1n) is 9.07. The summed E-state index contributed by atoms with van der Waals surface area (Å²) in [7, 11) is 0. The van der Waals surface area contributed by atoms with Gasteiger partial charge in [-0.1, -0.05) is 110 Å². The standard InChI is InChI=1S/C22H24N2S3/c1-4-16(3)20-11-9-18(10-12-20)14-25-21-23-24-22(27-21)26-15-19-8-6-7-17(5-2)13-19/h5-13,16H,2,4,14-15H2,1,3H3. The van der Waals surface area contributed by atoms with Crippen molar-refractivity contribution in [1.82, 2.24) is 10.2 Å². The van der Waals surface area contributed by atoms with E-state index in [0.717, 1.165) is 25.7 Å². The smallest absolute Gasteiger partial charge is 0.131 e. The van der Waals surface area contributed by atoms with Crippen LogP contribution in [-0.2, 0) is 11.5 Å². The molecular formula is C22H24N2S3. The maximum absolute atomic E-state index is 4.33. The van der Waals surface area contributed by atoms with Gasteiger partial charge in [0, 0.05) is 11.5 Å². The summed E-state index contributed by atoms with van der Waals surface area (Å²) < 4.78 is 2.05. The molecule has 0 fully saturated rings. The van der Waals surface area contributed by atoms with Crippen LogP contribution in [0, 0.1) is 0 Å². The zero-order valence-corrected chi connectivity index (χ0v) is 18.2. The van der Waals surface area contributed by atoms with Crippen LogP contribution in [0.2, 0.25) is 0 Å². The molecule has 1 heterocycles. The number of hydrogen-bond donors (Lipinski definition) is 0. The molecule has 3 rings (SSSR count). The third-order valence-corrected chi connectivity index (χ3v) is 7.79. The summed E-state index contributed by atoms with van der Waals surface area (Å²) in [6.45, 7) is 8.33. The second kappa shape index (κ2) is 10.1. The van der Waals surface area contributed by atoms with Crippen molar-refractivity contribution in [1.29, 1.82) is 0 Å². The van der Waals surface area contributed by atoms with Crippen molar-refractivity contribution in [3.05, 3.63) is 77.4 Å². The molecule has 0 bridgehead atoms. The van der Waals surface area contributed by atoms with Crippen molar-refractivity contribution in [3.63, 3.8) is 0 Å². The summed E-state index contributed by atoms with van der Waals surface area (Å²) >= 11 is 5.18. The van der Waals surface area contributed by atoms with Crippen LogP contribution in [0.25, 0.3) is 6.08 Å². The maximum Gasteiger partial charge on any atom is 0.175 e. The Morgan fingerprint density at radius 2 is 1.67 bits per heavy atom. The van der Waals surface area contributed by atoms with Crippen LogP contribution >= 0.6 is 34.9 Å². The third kappa shape index (κ3) is 5.96. The SMILES string of the molecule is C=Cc1cccc(CSc2nnc(SCc3ccc(C(C)CC)cc3)s2)c1. The minimum atomic E-state index is 0.627. The Bertz CT molecular complexity index is 871. The highest BCUT2D eigenvalue weighted by molar-refractivity contribution is 8.02. The monoisotopic (exact) mass is 412 g/mol. The average molecular weight is 413 g/mol. The molecule has 0 aliphatic heterocycles. The highest BCUT2D eigenvalue weighted by Crippen LogP contribution is 2.32. The Hall–Kier alpha value is -1.56. The average Bonchev–Trinajstić information content (AvgIpc) is 3.18. The predicted molar refractivity (Wildman–Crippen MR) is 121 cm³/mol. The highest BCUT2D eigenvalue weighted by Gasteiger charge is 2.07. The molecule has 2 aromatic carbocycles. The summed E-state index contributed by atoms with van der Waals surface area (Å²) in [5.41, 5.74) is 5.18. The van der Waals surface area contributed by atoms with Gasteiger partial charge in [0.1, 0.15) is 0 Å². The molecule has 0 amide bonds. The first-order valence-corrected chi connectivity index (χ1v) is 11.9. The molecule has 1 atom stereocenters. The minimum Gasteiger partial charge on any atom is -0.131 e. The van der Waals surface area contributed by atoms with E-state index in [1.165, 1.54) is 23.1 Å². The Balaban J connectivity index is 1.51. The fourth-order valence-corrected chi connectivity index (χ4v) is 5.51. The molecule has 27 heavy (non-hydrogen) atoms. The fourth-order valence-electron chi connectivity index (χ4n) is 2.59. The molecule has 0 spiro atoms. The quantitative estimate of drug-likeness (QED) is 0.345. The van der Waals surface area contributed by atoms with Gasteiger partial charge >= 0.3 is 0 Å². The van der Waals surface area contributed by atoms with Gasteiger partial charge < -0.3 is 0 Å². The van der Waals surface area contributed by atoms with Gasteiger partial charge in [0.2, 0.25) is 0 Å². The van der Waals surface area contributed by atoms with Crippen molar-refractivity contribution >= 4 is 40.9 Å². The first-order chi connectivity index (χ1) is 13.2. The molecule has 140 valence electrons. The van der Waals surface area contributed by atoms with E-state index in [-0.39, 0.29) is 0 Å². The molecule has 5 heteroatoms. The van der Waals surface area contributed by atoms with Crippen LogP contribution in [-0.4, -0.2) is 10.2 Å². The van der Waals surface area contributed by atoms with E-state index in [1.807, 2.05) is 6.08 Å². The van der Waals surface area contributed by atoms with Gasteiger partial charge in [0.25, 0.3) is 0 Å². The lowest BCUT2D eigenvalue weighted by molar-refractivity contribution is 0.733. The predicted octanol–water partition coefficient (Wildman–Crippen LogP) is 7.28. The van der Waals surface area contributed by atoms with E-state index in [9.17, 15) is 0 Å². The van der Waals surface area contributed by atoms with Gasteiger partial charge in [-0.15, -0.1) is 10.2 Å². The van der Waals surface area contributed by atoms with E-state index in [2.05, 4.69) is 79.2 Å². The minimum absolute atomic E-state index is 0.627. The molecule has 1 unspecified atom stereocenters. The lowest BCUT2D eigenvalue weighted by atomic mass is 9.98. The summed E-state index contributed by atoms with van der Waals surface area (Å²) in [5.74, 6) is 2.46. The molecule has 0 N–H and O–H groups in total. The van der Waals surface area contributed by atoms with Gasteiger partial charge in [-0.25, -0.2) is 0 Å². The third-order valence-electron chi connectivity index (χ3n) is 4.46. The zero-order valence-electron chi connectivity index (χ0n) is 15.7. The molecule has 1 aromatic heterocycles. The maximum atomic E-state index is 4.33. The summed E-state index contributed by atoms with van der Waals surface area (Å²) in [5, 5.41) is 8.66. The number of rotatable bonds is 9.